The molecule has 0 aliphatic carbocycles. The van der Waals surface area contributed by atoms with Crippen LogP contribution in [0.2, 0.25) is 0 Å². The molecule has 0 aromatic heterocycles. The standard InChI is InChI=1S/C20H33IO4/c1-12(2)16(9-14(5)17(22)10-23-7)20(13(3)4)19(21)15(6)18(25-20)11-24-8/h12-13,17-18,22H,10-11H2,1-8H3. The highest BCUT2D eigenvalue weighted by Crippen LogP contribution is 2.50. The molecule has 0 amide bonds. The smallest absolute Gasteiger partial charge is 0.131 e. The Morgan fingerprint density at radius 2 is 1.88 bits per heavy atom. The summed E-state index contributed by atoms with van der Waals surface area (Å²) in [5, 5.41) is 10.3. The van der Waals surface area contributed by atoms with Crippen molar-refractivity contribution in [2.24, 2.45) is 11.8 Å². The van der Waals surface area contributed by atoms with Crippen LogP contribution in [0.1, 0.15) is 41.5 Å². The molecule has 1 heterocycles. The van der Waals surface area contributed by atoms with Crippen LogP contribution in [0.25, 0.3) is 0 Å². The van der Waals surface area contributed by atoms with Gasteiger partial charge in [0.1, 0.15) is 17.8 Å². The van der Waals surface area contributed by atoms with Gasteiger partial charge < -0.3 is 19.3 Å². The van der Waals surface area contributed by atoms with E-state index >= 15 is 0 Å². The van der Waals surface area contributed by atoms with Crippen molar-refractivity contribution >= 4 is 22.6 Å². The first-order chi connectivity index (χ1) is 11.6. The van der Waals surface area contributed by atoms with Gasteiger partial charge in [0.25, 0.3) is 0 Å². The molecule has 1 rings (SSSR count). The molecule has 4 nitrogen and oxygen atoms in total. The van der Waals surface area contributed by atoms with Crippen LogP contribution in [0.4, 0.5) is 0 Å². The van der Waals surface area contributed by atoms with Gasteiger partial charge in [-0.3, -0.25) is 0 Å². The van der Waals surface area contributed by atoms with Crippen LogP contribution < -0.4 is 0 Å². The average Bonchev–Trinajstić information content (AvgIpc) is 2.78. The number of aliphatic hydroxyl groups excluding tert-OH is 1. The summed E-state index contributed by atoms with van der Waals surface area (Å²) in [4.78, 5) is 0. The molecule has 3 unspecified atom stereocenters. The predicted octanol–water partition coefficient (Wildman–Crippen LogP) is 4.27. The lowest BCUT2D eigenvalue weighted by Gasteiger charge is -2.38. The highest BCUT2D eigenvalue weighted by molar-refractivity contribution is 14.1. The van der Waals surface area contributed by atoms with E-state index in [0.717, 1.165) is 11.1 Å². The number of hydrogen-bond acceptors (Lipinski definition) is 4. The molecule has 0 saturated carbocycles. The van der Waals surface area contributed by atoms with Crippen LogP contribution in [0.5, 0.6) is 0 Å². The van der Waals surface area contributed by atoms with Gasteiger partial charge in [-0.05, 0) is 59.4 Å². The van der Waals surface area contributed by atoms with Gasteiger partial charge in [-0.1, -0.05) is 27.7 Å². The first-order valence-corrected chi connectivity index (χ1v) is 9.89. The zero-order valence-corrected chi connectivity index (χ0v) is 18.9. The van der Waals surface area contributed by atoms with Crippen LogP contribution in [-0.4, -0.2) is 50.3 Å². The van der Waals surface area contributed by atoms with Crippen LogP contribution in [0.15, 0.2) is 26.0 Å². The molecule has 5 heteroatoms. The summed E-state index contributed by atoms with van der Waals surface area (Å²) in [5.74, 6) is 0.458. The SMILES string of the molecule is COCC(O)C(C)=C=C(C(C)C)C1(C(C)C)OC(COC)C(C)=C1I. The second-order valence-electron chi connectivity index (χ2n) is 7.30. The monoisotopic (exact) mass is 464 g/mol. The van der Waals surface area contributed by atoms with E-state index in [-0.39, 0.29) is 24.5 Å². The minimum atomic E-state index is -0.665. The second kappa shape index (κ2) is 9.67. The molecule has 0 aromatic carbocycles. The summed E-state index contributed by atoms with van der Waals surface area (Å²) < 4.78 is 18.2. The number of ether oxygens (including phenoxy) is 3. The minimum Gasteiger partial charge on any atom is -0.386 e. The fourth-order valence-electron chi connectivity index (χ4n) is 3.24. The largest absolute Gasteiger partial charge is 0.386 e. The molecule has 144 valence electrons. The Balaban J connectivity index is 3.57. The van der Waals surface area contributed by atoms with Crippen LogP contribution in [0.3, 0.4) is 0 Å². The Hall–Kier alpha value is -0.170. The van der Waals surface area contributed by atoms with Crippen molar-refractivity contribution in [2.45, 2.75) is 59.4 Å². The number of methoxy groups -OCH3 is 2. The van der Waals surface area contributed by atoms with Gasteiger partial charge in [0.2, 0.25) is 0 Å². The maximum atomic E-state index is 10.3. The maximum absolute atomic E-state index is 10.3. The number of hydrogen-bond donors (Lipinski definition) is 1. The van der Waals surface area contributed by atoms with Gasteiger partial charge in [0, 0.05) is 23.4 Å². The molecule has 1 N–H and O–H groups in total. The van der Waals surface area contributed by atoms with Gasteiger partial charge in [0.05, 0.1) is 13.2 Å². The first-order valence-electron chi connectivity index (χ1n) is 8.81. The van der Waals surface area contributed by atoms with Crippen LogP contribution in [-0.2, 0) is 14.2 Å². The topological polar surface area (TPSA) is 47.9 Å². The number of aliphatic hydroxyl groups is 1. The predicted molar refractivity (Wildman–Crippen MR) is 110 cm³/mol. The normalized spacial score (nSPS) is 24.9. The van der Waals surface area contributed by atoms with Crippen molar-refractivity contribution in [3.63, 3.8) is 0 Å². The Morgan fingerprint density at radius 3 is 2.32 bits per heavy atom. The Labute approximate surface area is 166 Å². The van der Waals surface area contributed by atoms with E-state index in [1.165, 1.54) is 9.15 Å². The van der Waals surface area contributed by atoms with Crippen LogP contribution in [0, 0.1) is 11.8 Å². The zero-order valence-electron chi connectivity index (χ0n) is 16.8. The third kappa shape index (κ3) is 4.76. The summed E-state index contributed by atoms with van der Waals surface area (Å²) in [6.07, 6.45) is -0.721. The summed E-state index contributed by atoms with van der Waals surface area (Å²) in [6, 6.07) is 0. The lowest BCUT2D eigenvalue weighted by atomic mass is 9.77. The highest BCUT2D eigenvalue weighted by atomic mass is 127. The molecule has 0 saturated heterocycles. The Kier molecular flexibility index (Phi) is 8.85. The van der Waals surface area contributed by atoms with Crippen molar-refractivity contribution < 1.29 is 19.3 Å². The quantitative estimate of drug-likeness (QED) is 0.431. The molecule has 1 aliphatic rings. The summed E-state index contributed by atoms with van der Waals surface area (Å²) in [5.41, 5.74) is 6.00. The van der Waals surface area contributed by atoms with Gasteiger partial charge in [-0.2, -0.15) is 0 Å². The van der Waals surface area contributed by atoms with Gasteiger partial charge in [-0.25, -0.2) is 0 Å². The Morgan fingerprint density at radius 1 is 1.28 bits per heavy atom. The van der Waals surface area contributed by atoms with E-state index in [2.05, 4.69) is 62.9 Å². The van der Waals surface area contributed by atoms with Gasteiger partial charge in [-0.15, -0.1) is 5.73 Å². The van der Waals surface area contributed by atoms with E-state index in [1.54, 1.807) is 14.2 Å². The molecule has 0 bridgehead atoms. The lowest BCUT2D eigenvalue weighted by Crippen LogP contribution is -2.41. The second-order valence-corrected chi connectivity index (χ2v) is 8.38. The first kappa shape index (κ1) is 22.9. The lowest BCUT2D eigenvalue weighted by molar-refractivity contribution is -0.0604. The number of halogens is 1. The third-order valence-electron chi connectivity index (χ3n) is 4.75. The van der Waals surface area contributed by atoms with Gasteiger partial charge in [0.15, 0.2) is 0 Å². The van der Waals surface area contributed by atoms with Crippen molar-refractivity contribution in [3.8, 4) is 0 Å². The summed E-state index contributed by atoms with van der Waals surface area (Å²) in [7, 11) is 3.28. The molecule has 0 radical (unpaired) electrons. The van der Waals surface area contributed by atoms with Crippen molar-refractivity contribution in [3.05, 3.63) is 26.0 Å². The fraction of sp³-hybridized carbons (Fsp3) is 0.750. The molecule has 0 spiro atoms. The molecule has 25 heavy (non-hydrogen) atoms. The molecule has 0 aromatic rings. The minimum absolute atomic E-state index is 0.0564. The van der Waals surface area contributed by atoms with Crippen molar-refractivity contribution in [2.75, 3.05) is 27.4 Å². The molecule has 1 aliphatic heterocycles. The van der Waals surface area contributed by atoms with E-state index in [4.69, 9.17) is 14.2 Å². The summed E-state index contributed by atoms with van der Waals surface area (Å²) >= 11 is 2.41. The van der Waals surface area contributed by atoms with Gasteiger partial charge >= 0.3 is 0 Å². The van der Waals surface area contributed by atoms with E-state index in [9.17, 15) is 5.11 Å². The fourth-order valence-corrected chi connectivity index (χ4v) is 4.62. The van der Waals surface area contributed by atoms with Crippen LogP contribution >= 0.6 is 22.6 Å². The highest BCUT2D eigenvalue weighted by Gasteiger charge is 2.50. The van der Waals surface area contributed by atoms with Crippen molar-refractivity contribution in [1.29, 1.82) is 0 Å². The maximum Gasteiger partial charge on any atom is 0.131 e. The van der Waals surface area contributed by atoms with E-state index in [0.29, 0.717) is 6.61 Å². The summed E-state index contributed by atoms with van der Waals surface area (Å²) in [6.45, 7) is 13.4. The van der Waals surface area contributed by atoms with E-state index in [1.807, 2.05) is 6.92 Å². The average molecular weight is 464 g/mol. The zero-order chi connectivity index (χ0) is 19.4. The molecule has 3 atom stereocenters. The van der Waals surface area contributed by atoms with Crippen molar-refractivity contribution in [1.82, 2.24) is 0 Å². The molecule has 0 fully saturated rings. The number of rotatable bonds is 8. The molecular weight excluding hydrogens is 431 g/mol. The Bertz CT molecular complexity index is 558. The third-order valence-corrected chi connectivity index (χ3v) is 6.40. The molecular formula is C20H33IO4. The van der Waals surface area contributed by atoms with E-state index < -0.39 is 11.7 Å².